The van der Waals surface area contributed by atoms with Crippen LogP contribution in [-0.4, -0.2) is 14.4 Å². The topological polar surface area (TPSA) is 17.1 Å². The molecule has 0 saturated heterocycles. The van der Waals surface area contributed by atoms with Crippen molar-refractivity contribution in [2.45, 2.75) is 23.0 Å². The maximum atomic E-state index is 11.1. The zero-order valence-corrected chi connectivity index (χ0v) is 11.3. The van der Waals surface area contributed by atoms with Crippen LogP contribution in [-0.2, 0) is 4.79 Å². The van der Waals surface area contributed by atoms with Gasteiger partial charge in [0, 0.05) is 11.8 Å². The summed E-state index contributed by atoms with van der Waals surface area (Å²) in [6.07, 6.45) is 0. The molecule has 0 spiro atoms. The Balaban J connectivity index is 2.88. The second-order valence-electron chi connectivity index (χ2n) is 4.06. The summed E-state index contributed by atoms with van der Waals surface area (Å²) in [6, 6.07) is 0. The lowest BCUT2D eigenvalue weighted by Gasteiger charge is -2.22. The Morgan fingerprint density at radius 1 is 1.36 bits per heavy atom. The van der Waals surface area contributed by atoms with Crippen LogP contribution in [0.1, 0.15) is 13.8 Å². The predicted molar refractivity (Wildman–Crippen MR) is 61.6 cm³/mol. The molecule has 0 amide bonds. The van der Waals surface area contributed by atoms with Crippen molar-refractivity contribution >= 4 is 63.2 Å². The highest BCUT2D eigenvalue weighted by Crippen LogP contribution is 2.68. The summed E-state index contributed by atoms with van der Waals surface area (Å²) in [7, 11) is 0. The van der Waals surface area contributed by atoms with Gasteiger partial charge in [0.05, 0.1) is 0 Å². The van der Waals surface area contributed by atoms with Gasteiger partial charge in [0.25, 0.3) is 0 Å². The second kappa shape index (κ2) is 3.85. The number of hydrogen-bond donors (Lipinski definition) is 0. The molecule has 0 aromatic heterocycles. The lowest BCUT2D eigenvalue weighted by molar-refractivity contribution is -0.113. The smallest absolute Gasteiger partial charge is 0.225 e. The SMILES string of the molecule is CC1(C)C(C(=O)Cl)C1C(Cl)(Cl)C(Cl)Cl. The third-order valence-corrected chi connectivity index (χ3v) is 5.05. The van der Waals surface area contributed by atoms with E-state index in [4.69, 9.17) is 58.0 Å². The first kappa shape index (κ1) is 13.2. The van der Waals surface area contributed by atoms with Gasteiger partial charge in [-0.2, -0.15) is 0 Å². The molecular weight excluding hydrogens is 289 g/mol. The van der Waals surface area contributed by atoms with Gasteiger partial charge in [-0.3, -0.25) is 4.79 Å². The lowest BCUT2D eigenvalue weighted by atomic mass is 10.1. The van der Waals surface area contributed by atoms with Gasteiger partial charge in [0.2, 0.25) is 5.24 Å². The Labute approximate surface area is 108 Å². The van der Waals surface area contributed by atoms with Crippen molar-refractivity contribution in [2.75, 3.05) is 0 Å². The van der Waals surface area contributed by atoms with Gasteiger partial charge in [0.15, 0.2) is 4.33 Å². The normalized spacial score (nSPS) is 30.6. The standard InChI is InChI=1S/C8H9Cl5O/c1-7(2)3(5(9)14)4(7)8(12,13)6(10)11/h3-4,6H,1-2H3. The Kier molecular flexibility index (Phi) is 3.63. The molecule has 0 aromatic rings. The first-order valence-corrected chi connectivity index (χ1v) is 5.99. The Hall–Kier alpha value is 1.12. The first-order valence-electron chi connectivity index (χ1n) is 3.98. The van der Waals surface area contributed by atoms with Crippen molar-refractivity contribution in [1.29, 1.82) is 0 Å². The Bertz CT molecular complexity index is 260. The van der Waals surface area contributed by atoms with Crippen molar-refractivity contribution in [2.24, 2.45) is 17.3 Å². The predicted octanol–water partition coefficient (Wildman–Crippen LogP) is 4.00. The highest BCUT2D eigenvalue weighted by atomic mass is 35.5. The molecule has 1 rings (SSSR count). The van der Waals surface area contributed by atoms with Gasteiger partial charge in [-0.05, 0) is 17.0 Å². The molecule has 2 unspecified atom stereocenters. The van der Waals surface area contributed by atoms with E-state index in [1.165, 1.54) is 0 Å². The van der Waals surface area contributed by atoms with Gasteiger partial charge in [-0.15, -0.1) is 23.2 Å². The fraction of sp³-hybridized carbons (Fsp3) is 0.875. The third kappa shape index (κ3) is 1.99. The maximum absolute atomic E-state index is 11.1. The average molecular weight is 298 g/mol. The summed E-state index contributed by atoms with van der Waals surface area (Å²) in [6.45, 7) is 3.72. The molecule has 0 radical (unpaired) electrons. The molecule has 1 saturated carbocycles. The lowest BCUT2D eigenvalue weighted by Crippen LogP contribution is -2.27. The van der Waals surface area contributed by atoms with E-state index in [0.29, 0.717) is 0 Å². The fourth-order valence-electron chi connectivity index (χ4n) is 1.92. The largest absolute Gasteiger partial charge is 0.281 e. The zero-order valence-electron chi connectivity index (χ0n) is 7.53. The van der Waals surface area contributed by atoms with Crippen LogP contribution >= 0.6 is 58.0 Å². The summed E-state index contributed by atoms with van der Waals surface area (Å²) in [5.41, 5.74) is -0.343. The number of rotatable bonds is 3. The quantitative estimate of drug-likeness (QED) is 0.568. The highest BCUT2D eigenvalue weighted by Gasteiger charge is 2.70. The van der Waals surface area contributed by atoms with Crippen molar-refractivity contribution in [3.8, 4) is 0 Å². The monoisotopic (exact) mass is 296 g/mol. The van der Waals surface area contributed by atoms with Gasteiger partial charge in [-0.1, -0.05) is 37.0 Å². The molecule has 14 heavy (non-hydrogen) atoms. The summed E-state index contributed by atoms with van der Waals surface area (Å²) >= 11 is 28.7. The summed E-state index contributed by atoms with van der Waals surface area (Å²) in [5, 5.41) is -0.445. The molecule has 82 valence electrons. The van der Waals surface area contributed by atoms with E-state index in [2.05, 4.69) is 0 Å². The number of halogens is 5. The molecular formula is C8H9Cl5O. The molecule has 2 atom stereocenters. The second-order valence-corrected chi connectivity index (χ2v) is 6.97. The Morgan fingerprint density at radius 2 is 1.79 bits per heavy atom. The van der Waals surface area contributed by atoms with Crippen molar-refractivity contribution < 1.29 is 4.79 Å². The molecule has 0 aromatic carbocycles. The summed E-state index contributed by atoms with van der Waals surface area (Å²) in [5.74, 6) is -0.678. The van der Waals surface area contributed by atoms with E-state index in [1.807, 2.05) is 13.8 Å². The molecule has 0 N–H and O–H groups in total. The van der Waals surface area contributed by atoms with Gasteiger partial charge < -0.3 is 0 Å². The van der Waals surface area contributed by atoms with Crippen molar-refractivity contribution in [3.63, 3.8) is 0 Å². The van der Waals surface area contributed by atoms with E-state index in [9.17, 15) is 4.79 Å². The van der Waals surface area contributed by atoms with Crippen molar-refractivity contribution in [1.82, 2.24) is 0 Å². The fourth-order valence-corrected chi connectivity index (χ4v) is 3.41. The van der Waals surface area contributed by atoms with Crippen LogP contribution in [0.2, 0.25) is 0 Å². The van der Waals surface area contributed by atoms with Crippen LogP contribution in [0.15, 0.2) is 0 Å². The number of alkyl halides is 4. The van der Waals surface area contributed by atoms with Crippen LogP contribution in [0.25, 0.3) is 0 Å². The first-order chi connectivity index (χ1) is 6.13. The molecule has 1 aliphatic rings. The third-order valence-electron chi connectivity index (χ3n) is 2.78. The van der Waals surface area contributed by atoms with Crippen LogP contribution < -0.4 is 0 Å². The molecule has 1 fully saturated rings. The summed E-state index contributed by atoms with van der Waals surface area (Å²) in [4.78, 5) is 10.1. The zero-order chi connectivity index (χ0) is 11.3. The van der Waals surface area contributed by atoms with E-state index < -0.39 is 14.4 Å². The number of carbonyl (C=O) groups excluding carboxylic acids is 1. The molecule has 0 aliphatic heterocycles. The van der Waals surface area contributed by atoms with Gasteiger partial charge in [-0.25, -0.2) is 0 Å². The van der Waals surface area contributed by atoms with Crippen molar-refractivity contribution in [3.05, 3.63) is 0 Å². The van der Waals surface area contributed by atoms with E-state index in [0.717, 1.165) is 0 Å². The van der Waals surface area contributed by atoms with Gasteiger partial charge >= 0.3 is 0 Å². The molecule has 0 heterocycles. The highest BCUT2D eigenvalue weighted by molar-refractivity contribution is 6.65. The van der Waals surface area contributed by atoms with Crippen LogP contribution in [0, 0.1) is 17.3 Å². The number of carbonyl (C=O) groups is 1. The van der Waals surface area contributed by atoms with Gasteiger partial charge in [0.1, 0.15) is 4.84 Å². The minimum atomic E-state index is -1.33. The van der Waals surface area contributed by atoms with Crippen LogP contribution in [0.3, 0.4) is 0 Å². The summed E-state index contributed by atoms with van der Waals surface area (Å²) < 4.78 is -1.33. The van der Waals surface area contributed by atoms with E-state index >= 15 is 0 Å². The van der Waals surface area contributed by atoms with Crippen LogP contribution in [0.5, 0.6) is 0 Å². The number of hydrogen-bond acceptors (Lipinski definition) is 1. The molecule has 0 bridgehead atoms. The van der Waals surface area contributed by atoms with E-state index in [1.54, 1.807) is 0 Å². The minimum absolute atomic E-state index is 0.302. The Morgan fingerprint density at radius 3 is 2.00 bits per heavy atom. The van der Waals surface area contributed by atoms with E-state index in [-0.39, 0.29) is 17.3 Å². The molecule has 1 nitrogen and oxygen atoms in total. The average Bonchev–Trinajstić information content (AvgIpc) is 2.53. The molecule has 6 heteroatoms. The van der Waals surface area contributed by atoms with Crippen LogP contribution in [0.4, 0.5) is 0 Å². The minimum Gasteiger partial charge on any atom is -0.281 e. The maximum Gasteiger partial charge on any atom is 0.225 e. The molecule has 1 aliphatic carbocycles.